The van der Waals surface area contributed by atoms with Crippen molar-refractivity contribution >= 4 is 15.9 Å². The van der Waals surface area contributed by atoms with Crippen LogP contribution >= 0.6 is 15.9 Å². The largest absolute Gasteiger partial charge is 0.422 e. The SMILES string of the molecule is CC1(C)C[C@H]1/C=C(\Br)C(F)(F)F. The van der Waals surface area contributed by atoms with Crippen LogP contribution in [0.5, 0.6) is 0 Å². The van der Waals surface area contributed by atoms with Crippen molar-refractivity contribution in [3.8, 4) is 0 Å². The third kappa shape index (κ3) is 2.25. The van der Waals surface area contributed by atoms with Gasteiger partial charge in [-0.1, -0.05) is 19.9 Å². The lowest BCUT2D eigenvalue weighted by Crippen LogP contribution is -2.07. The molecule has 0 heterocycles. The van der Waals surface area contributed by atoms with Crippen molar-refractivity contribution in [2.45, 2.75) is 26.4 Å². The van der Waals surface area contributed by atoms with E-state index in [2.05, 4.69) is 15.9 Å². The third-order valence-corrected chi connectivity index (χ3v) is 2.92. The van der Waals surface area contributed by atoms with Crippen molar-refractivity contribution in [2.75, 3.05) is 0 Å². The average Bonchev–Trinajstić information content (AvgIpc) is 2.36. The summed E-state index contributed by atoms with van der Waals surface area (Å²) in [5.41, 5.74) is 0.0598. The van der Waals surface area contributed by atoms with Crippen molar-refractivity contribution in [3.63, 3.8) is 0 Å². The van der Waals surface area contributed by atoms with E-state index in [-0.39, 0.29) is 11.3 Å². The van der Waals surface area contributed by atoms with Crippen LogP contribution in [0.1, 0.15) is 20.3 Å². The maximum atomic E-state index is 12.0. The molecule has 0 N–H and O–H groups in total. The lowest BCUT2D eigenvalue weighted by Gasteiger charge is -2.04. The van der Waals surface area contributed by atoms with Gasteiger partial charge in [0.1, 0.15) is 0 Å². The molecule has 0 aliphatic heterocycles. The van der Waals surface area contributed by atoms with Gasteiger partial charge in [0.25, 0.3) is 0 Å². The summed E-state index contributed by atoms with van der Waals surface area (Å²) < 4.78 is 35.3. The summed E-state index contributed by atoms with van der Waals surface area (Å²) in [5, 5.41) is 0. The Morgan fingerprint density at radius 1 is 1.50 bits per heavy atom. The topological polar surface area (TPSA) is 0 Å². The summed E-state index contributed by atoms with van der Waals surface area (Å²) in [6.45, 7) is 3.93. The first-order valence-electron chi connectivity index (χ1n) is 3.68. The first-order chi connectivity index (χ1) is 5.23. The Kier molecular flexibility index (Phi) is 2.32. The first kappa shape index (κ1) is 10.1. The fourth-order valence-corrected chi connectivity index (χ4v) is 1.38. The number of allylic oxidation sites excluding steroid dienone is 2. The molecule has 0 saturated heterocycles. The van der Waals surface area contributed by atoms with Gasteiger partial charge in [0.2, 0.25) is 0 Å². The number of halogens is 4. The number of hydrogen-bond donors (Lipinski definition) is 0. The Labute approximate surface area is 78.0 Å². The highest BCUT2D eigenvalue weighted by Gasteiger charge is 2.45. The maximum Gasteiger partial charge on any atom is 0.422 e. The summed E-state index contributed by atoms with van der Waals surface area (Å²) in [5.74, 6) is 0.0773. The highest BCUT2D eigenvalue weighted by molar-refractivity contribution is 9.11. The molecular formula is C8H10BrF3. The molecule has 1 fully saturated rings. The van der Waals surface area contributed by atoms with E-state index in [1.54, 1.807) is 0 Å². The molecule has 0 amide bonds. The molecule has 1 rings (SSSR count). The van der Waals surface area contributed by atoms with Crippen LogP contribution in [0, 0.1) is 11.3 Å². The van der Waals surface area contributed by atoms with Crippen molar-refractivity contribution in [3.05, 3.63) is 10.6 Å². The van der Waals surface area contributed by atoms with E-state index >= 15 is 0 Å². The van der Waals surface area contributed by atoms with E-state index in [4.69, 9.17) is 0 Å². The van der Waals surface area contributed by atoms with Gasteiger partial charge in [-0.3, -0.25) is 0 Å². The van der Waals surface area contributed by atoms with Gasteiger partial charge in [0.05, 0.1) is 4.48 Å². The molecule has 0 aromatic rings. The third-order valence-electron chi connectivity index (χ3n) is 2.21. The lowest BCUT2D eigenvalue weighted by molar-refractivity contribution is -0.0831. The number of rotatable bonds is 1. The van der Waals surface area contributed by atoms with Gasteiger partial charge in [0, 0.05) is 0 Å². The summed E-state index contributed by atoms with van der Waals surface area (Å²) in [7, 11) is 0. The average molecular weight is 243 g/mol. The van der Waals surface area contributed by atoms with E-state index in [1.165, 1.54) is 6.08 Å². The van der Waals surface area contributed by atoms with Gasteiger partial charge in [0.15, 0.2) is 0 Å². The molecule has 0 unspecified atom stereocenters. The summed E-state index contributed by atoms with van der Waals surface area (Å²) in [6, 6.07) is 0. The quantitative estimate of drug-likeness (QED) is 0.655. The van der Waals surface area contributed by atoms with E-state index < -0.39 is 10.7 Å². The fourth-order valence-electron chi connectivity index (χ4n) is 1.06. The van der Waals surface area contributed by atoms with E-state index in [1.807, 2.05) is 13.8 Å². The molecule has 1 aliphatic rings. The van der Waals surface area contributed by atoms with Crippen molar-refractivity contribution in [2.24, 2.45) is 11.3 Å². The highest BCUT2D eigenvalue weighted by Crippen LogP contribution is 2.54. The second-order valence-electron chi connectivity index (χ2n) is 3.81. The molecule has 0 aromatic heterocycles. The van der Waals surface area contributed by atoms with Gasteiger partial charge >= 0.3 is 6.18 Å². The number of hydrogen-bond acceptors (Lipinski definition) is 0. The molecule has 70 valence electrons. The van der Waals surface area contributed by atoms with Gasteiger partial charge in [-0.25, -0.2) is 0 Å². The Morgan fingerprint density at radius 2 is 1.92 bits per heavy atom. The molecule has 0 bridgehead atoms. The lowest BCUT2D eigenvalue weighted by atomic mass is 10.1. The Morgan fingerprint density at radius 3 is 2.17 bits per heavy atom. The Hall–Kier alpha value is 0.01000. The van der Waals surface area contributed by atoms with Crippen LogP contribution in [-0.4, -0.2) is 6.18 Å². The Bertz CT molecular complexity index is 215. The molecule has 1 aliphatic carbocycles. The zero-order valence-corrected chi connectivity index (χ0v) is 8.46. The summed E-state index contributed by atoms with van der Waals surface area (Å²) in [6.07, 6.45) is -2.11. The zero-order chi connectivity index (χ0) is 9.57. The summed E-state index contributed by atoms with van der Waals surface area (Å²) in [4.78, 5) is 0. The molecule has 0 nitrogen and oxygen atoms in total. The molecular weight excluding hydrogens is 233 g/mol. The van der Waals surface area contributed by atoms with E-state index in [0.29, 0.717) is 0 Å². The molecule has 0 aromatic carbocycles. The summed E-state index contributed by atoms with van der Waals surface area (Å²) >= 11 is 2.53. The van der Waals surface area contributed by atoms with Crippen LogP contribution < -0.4 is 0 Å². The smallest absolute Gasteiger partial charge is 0.166 e. The minimum atomic E-state index is -4.22. The molecule has 1 saturated carbocycles. The monoisotopic (exact) mass is 242 g/mol. The van der Waals surface area contributed by atoms with Crippen LogP contribution in [0.15, 0.2) is 10.6 Å². The predicted molar refractivity (Wildman–Crippen MR) is 45.0 cm³/mol. The molecule has 1 atom stereocenters. The maximum absolute atomic E-state index is 12.0. The van der Waals surface area contributed by atoms with Crippen LogP contribution in [-0.2, 0) is 0 Å². The second-order valence-corrected chi connectivity index (χ2v) is 4.67. The zero-order valence-electron chi connectivity index (χ0n) is 6.87. The van der Waals surface area contributed by atoms with Crippen LogP contribution in [0.4, 0.5) is 13.2 Å². The van der Waals surface area contributed by atoms with Gasteiger partial charge in [-0.2, -0.15) is 13.2 Å². The van der Waals surface area contributed by atoms with Gasteiger partial charge < -0.3 is 0 Å². The predicted octanol–water partition coefficient (Wildman–Crippen LogP) is 3.87. The van der Waals surface area contributed by atoms with Crippen LogP contribution in [0.25, 0.3) is 0 Å². The minimum Gasteiger partial charge on any atom is -0.166 e. The first-order valence-corrected chi connectivity index (χ1v) is 4.47. The molecule has 4 heteroatoms. The van der Waals surface area contributed by atoms with Crippen LogP contribution in [0.3, 0.4) is 0 Å². The molecule has 12 heavy (non-hydrogen) atoms. The minimum absolute atomic E-state index is 0.0598. The van der Waals surface area contributed by atoms with Crippen molar-refractivity contribution in [1.82, 2.24) is 0 Å². The fraction of sp³-hybridized carbons (Fsp3) is 0.750. The van der Waals surface area contributed by atoms with E-state index in [0.717, 1.165) is 6.42 Å². The van der Waals surface area contributed by atoms with Gasteiger partial charge in [-0.15, -0.1) is 0 Å². The van der Waals surface area contributed by atoms with Crippen LogP contribution in [0.2, 0.25) is 0 Å². The normalized spacial score (nSPS) is 28.8. The van der Waals surface area contributed by atoms with Gasteiger partial charge in [-0.05, 0) is 33.7 Å². The molecule has 0 spiro atoms. The van der Waals surface area contributed by atoms with Crippen molar-refractivity contribution < 1.29 is 13.2 Å². The van der Waals surface area contributed by atoms with Crippen molar-refractivity contribution in [1.29, 1.82) is 0 Å². The molecule has 0 radical (unpaired) electrons. The second kappa shape index (κ2) is 2.76. The Balaban J connectivity index is 2.60. The van der Waals surface area contributed by atoms with E-state index in [9.17, 15) is 13.2 Å². The number of alkyl halides is 3. The highest BCUT2D eigenvalue weighted by atomic mass is 79.9. The standard InChI is InChI=1S/C8H10BrF3/c1-7(2)4-5(7)3-6(9)8(10,11)12/h3,5H,4H2,1-2H3/b6-3-/t5-/m1/s1.